The average Bonchev–Trinajstić information content (AvgIpc) is 3.47. The number of fused-ring (bicyclic) bond motifs is 1. The molecule has 2 aromatic carbocycles. The molecule has 3 heterocycles. The van der Waals surface area contributed by atoms with Crippen LogP contribution in [-0.4, -0.2) is 42.3 Å². The van der Waals surface area contributed by atoms with Crippen molar-refractivity contribution in [1.29, 1.82) is 0 Å². The van der Waals surface area contributed by atoms with Gasteiger partial charge in [-0.1, -0.05) is 30.1 Å². The quantitative estimate of drug-likeness (QED) is 0.473. The number of aryl methyl sites for hydroxylation is 1. The maximum absolute atomic E-state index is 13.7. The van der Waals surface area contributed by atoms with Crippen molar-refractivity contribution in [2.75, 3.05) is 6.54 Å². The summed E-state index contributed by atoms with van der Waals surface area (Å²) in [6, 6.07) is 8.82. The minimum Gasteiger partial charge on any atom is -0.340 e. The molecular weight excluding hydrogens is 435 g/mol. The first-order valence-corrected chi connectivity index (χ1v) is 10.8. The van der Waals surface area contributed by atoms with Crippen LogP contribution in [0.15, 0.2) is 42.7 Å². The first kappa shape index (κ1) is 20.0. The third kappa shape index (κ3) is 3.47. The molecule has 0 aliphatic carbocycles. The summed E-state index contributed by atoms with van der Waals surface area (Å²) in [5, 5.41) is 9.53. The van der Waals surface area contributed by atoms with E-state index in [-0.39, 0.29) is 17.9 Å². The van der Waals surface area contributed by atoms with Gasteiger partial charge < -0.3 is 9.88 Å². The van der Waals surface area contributed by atoms with Crippen LogP contribution in [0, 0.1) is 12.8 Å². The molecule has 7 nitrogen and oxygen atoms in total. The Morgan fingerprint density at radius 1 is 1.16 bits per heavy atom. The van der Waals surface area contributed by atoms with Gasteiger partial charge in [-0.3, -0.25) is 4.79 Å². The second kappa shape index (κ2) is 7.66. The largest absolute Gasteiger partial charge is 0.340 e. The zero-order valence-corrected chi connectivity index (χ0v) is 18.5. The SMILES string of the molecule is Cc1cc2[nH]c([C@@H]3[C@@H](C)CCN3C(=O)c3cc(Cl)ccc3-n3nccn3)nc2cc1Cl. The van der Waals surface area contributed by atoms with E-state index in [1.165, 1.54) is 4.80 Å². The Labute approximate surface area is 189 Å². The first-order valence-electron chi connectivity index (χ1n) is 10.1. The van der Waals surface area contributed by atoms with Crippen molar-refractivity contribution >= 4 is 40.1 Å². The highest BCUT2D eigenvalue weighted by Crippen LogP contribution is 2.38. The van der Waals surface area contributed by atoms with Gasteiger partial charge in [0.2, 0.25) is 0 Å². The lowest BCUT2D eigenvalue weighted by Crippen LogP contribution is -2.33. The van der Waals surface area contributed by atoms with Gasteiger partial charge in [0.1, 0.15) is 5.82 Å². The van der Waals surface area contributed by atoms with Crippen molar-refractivity contribution < 1.29 is 4.79 Å². The summed E-state index contributed by atoms with van der Waals surface area (Å²) >= 11 is 12.5. The van der Waals surface area contributed by atoms with Crippen LogP contribution in [0.25, 0.3) is 16.7 Å². The molecule has 1 saturated heterocycles. The number of nitrogens with one attached hydrogen (secondary N) is 1. The van der Waals surface area contributed by atoms with Gasteiger partial charge in [-0.2, -0.15) is 15.0 Å². The second-order valence-corrected chi connectivity index (χ2v) is 8.77. The molecule has 2 atom stereocenters. The van der Waals surface area contributed by atoms with E-state index in [4.69, 9.17) is 28.2 Å². The normalized spacial score (nSPS) is 18.8. The zero-order chi connectivity index (χ0) is 21.7. The van der Waals surface area contributed by atoms with Crippen LogP contribution < -0.4 is 0 Å². The van der Waals surface area contributed by atoms with E-state index in [0.717, 1.165) is 28.8 Å². The minimum atomic E-state index is -0.184. The lowest BCUT2D eigenvalue weighted by atomic mass is 10.0. The van der Waals surface area contributed by atoms with E-state index in [1.54, 1.807) is 30.6 Å². The maximum Gasteiger partial charge on any atom is 0.256 e. The molecule has 31 heavy (non-hydrogen) atoms. The summed E-state index contributed by atoms with van der Waals surface area (Å²) in [6.07, 6.45) is 4.03. The van der Waals surface area contributed by atoms with Gasteiger partial charge in [0, 0.05) is 16.6 Å². The number of likely N-dealkylation sites (tertiary alicyclic amines) is 1. The molecule has 0 saturated carbocycles. The Bertz CT molecular complexity index is 1240. The zero-order valence-electron chi connectivity index (χ0n) is 17.0. The number of aromatic nitrogens is 5. The summed E-state index contributed by atoms with van der Waals surface area (Å²) < 4.78 is 0. The smallest absolute Gasteiger partial charge is 0.256 e. The number of benzene rings is 2. The molecule has 0 unspecified atom stereocenters. The number of H-pyrrole nitrogens is 1. The van der Waals surface area contributed by atoms with Crippen LogP contribution in [0.5, 0.6) is 0 Å². The van der Waals surface area contributed by atoms with Crippen molar-refractivity contribution in [3.63, 3.8) is 0 Å². The molecule has 4 aromatic rings. The molecule has 0 bridgehead atoms. The second-order valence-electron chi connectivity index (χ2n) is 7.93. The lowest BCUT2D eigenvalue weighted by molar-refractivity contribution is 0.0714. The number of hydrogen-bond acceptors (Lipinski definition) is 4. The summed E-state index contributed by atoms with van der Waals surface area (Å²) in [5.41, 5.74) is 3.73. The standard InChI is InChI=1S/C22H20Cl2N6O/c1-12-5-8-29(20(12)21-27-17-9-13(2)16(24)11-18(17)28-21)22(31)15-10-14(23)3-4-19(15)30-25-6-7-26-30/h3-4,6-7,9-12,20H,5,8H2,1-2H3,(H,27,28)/t12-,20-/m0/s1. The fourth-order valence-corrected chi connectivity index (χ4v) is 4.57. The molecule has 0 radical (unpaired) electrons. The highest BCUT2D eigenvalue weighted by Gasteiger charge is 2.38. The van der Waals surface area contributed by atoms with Crippen LogP contribution >= 0.6 is 23.2 Å². The Balaban J connectivity index is 1.56. The Kier molecular flexibility index (Phi) is 4.95. The van der Waals surface area contributed by atoms with E-state index >= 15 is 0 Å². The summed E-state index contributed by atoms with van der Waals surface area (Å²) in [4.78, 5) is 25.2. The van der Waals surface area contributed by atoms with Crippen LogP contribution in [0.4, 0.5) is 0 Å². The lowest BCUT2D eigenvalue weighted by Gasteiger charge is -2.26. The van der Waals surface area contributed by atoms with Gasteiger partial charge in [0.05, 0.1) is 40.7 Å². The Morgan fingerprint density at radius 3 is 2.71 bits per heavy atom. The maximum atomic E-state index is 13.7. The van der Waals surface area contributed by atoms with Crippen molar-refractivity contribution in [3.8, 4) is 5.69 Å². The van der Waals surface area contributed by atoms with Crippen LogP contribution in [0.1, 0.15) is 41.1 Å². The van der Waals surface area contributed by atoms with Crippen molar-refractivity contribution in [1.82, 2.24) is 29.9 Å². The first-order chi connectivity index (χ1) is 14.9. The summed E-state index contributed by atoms with van der Waals surface area (Å²) in [6.45, 7) is 4.72. The number of halogens is 2. The number of nitrogens with zero attached hydrogens (tertiary/aromatic N) is 5. The number of amides is 1. The summed E-state index contributed by atoms with van der Waals surface area (Å²) in [5.74, 6) is 0.876. The van der Waals surface area contributed by atoms with Gasteiger partial charge in [-0.05, 0) is 55.2 Å². The number of rotatable bonds is 3. The molecule has 0 spiro atoms. The van der Waals surface area contributed by atoms with Crippen LogP contribution in [-0.2, 0) is 0 Å². The number of hydrogen-bond donors (Lipinski definition) is 1. The van der Waals surface area contributed by atoms with E-state index in [2.05, 4.69) is 22.1 Å². The highest BCUT2D eigenvalue weighted by molar-refractivity contribution is 6.32. The molecule has 2 aromatic heterocycles. The number of carbonyl (C=O) groups is 1. The van der Waals surface area contributed by atoms with Crippen molar-refractivity contribution in [3.05, 3.63) is 69.7 Å². The molecule has 1 N–H and O–H groups in total. The number of aromatic amines is 1. The summed E-state index contributed by atoms with van der Waals surface area (Å²) in [7, 11) is 0. The van der Waals surface area contributed by atoms with Gasteiger partial charge in [0.15, 0.2) is 0 Å². The average molecular weight is 455 g/mol. The molecule has 1 amide bonds. The Hall–Kier alpha value is -2.90. The fraction of sp³-hybridized carbons (Fsp3) is 0.273. The van der Waals surface area contributed by atoms with E-state index < -0.39 is 0 Å². The molecule has 1 aliphatic heterocycles. The van der Waals surface area contributed by atoms with E-state index in [0.29, 0.717) is 27.8 Å². The van der Waals surface area contributed by atoms with E-state index in [9.17, 15) is 4.79 Å². The van der Waals surface area contributed by atoms with Crippen molar-refractivity contribution in [2.24, 2.45) is 5.92 Å². The van der Waals surface area contributed by atoms with Crippen LogP contribution in [0.3, 0.4) is 0 Å². The molecule has 5 rings (SSSR count). The van der Waals surface area contributed by atoms with Crippen LogP contribution in [0.2, 0.25) is 10.0 Å². The van der Waals surface area contributed by atoms with Gasteiger partial charge >= 0.3 is 0 Å². The Morgan fingerprint density at radius 2 is 1.94 bits per heavy atom. The van der Waals surface area contributed by atoms with Gasteiger partial charge in [0.25, 0.3) is 5.91 Å². The third-order valence-electron chi connectivity index (χ3n) is 5.84. The molecule has 1 aliphatic rings. The topological polar surface area (TPSA) is 79.7 Å². The number of carbonyl (C=O) groups excluding carboxylic acids is 1. The van der Waals surface area contributed by atoms with Crippen molar-refractivity contribution in [2.45, 2.75) is 26.3 Å². The molecule has 9 heteroatoms. The molecule has 158 valence electrons. The third-order valence-corrected chi connectivity index (χ3v) is 6.49. The highest BCUT2D eigenvalue weighted by atomic mass is 35.5. The number of imidazole rings is 1. The fourth-order valence-electron chi connectivity index (χ4n) is 4.24. The molecule has 1 fully saturated rings. The monoisotopic (exact) mass is 454 g/mol. The van der Waals surface area contributed by atoms with Gasteiger partial charge in [-0.15, -0.1) is 0 Å². The van der Waals surface area contributed by atoms with Gasteiger partial charge in [-0.25, -0.2) is 4.98 Å². The predicted molar refractivity (Wildman–Crippen MR) is 120 cm³/mol. The molecular formula is C22H20Cl2N6O. The predicted octanol–water partition coefficient (Wildman–Crippen LogP) is 4.98. The minimum absolute atomic E-state index is 0.126. The van der Waals surface area contributed by atoms with E-state index in [1.807, 2.05) is 24.0 Å².